The molecule has 17 heavy (non-hydrogen) atoms. The highest BCUT2D eigenvalue weighted by Crippen LogP contribution is 2.24. The quantitative estimate of drug-likeness (QED) is 0.751. The third-order valence-electron chi connectivity index (χ3n) is 2.77. The summed E-state index contributed by atoms with van der Waals surface area (Å²) < 4.78 is 2.24. The van der Waals surface area contributed by atoms with Crippen LogP contribution >= 0.6 is 23.2 Å². The maximum absolute atomic E-state index is 6.05. The van der Waals surface area contributed by atoms with Crippen LogP contribution in [0.25, 0.3) is 11.0 Å². The first-order chi connectivity index (χ1) is 8.13. The van der Waals surface area contributed by atoms with Gasteiger partial charge in [0.25, 0.3) is 0 Å². The number of hydrogen-bond donors (Lipinski definition) is 0. The van der Waals surface area contributed by atoms with Crippen molar-refractivity contribution in [1.29, 1.82) is 0 Å². The topological polar surface area (TPSA) is 17.8 Å². The minimum atomic E-state index is 0.379. The van der Waals surface area contributed by atoms with Crippen molar-refractivity contribution in [3.8, 4) is 0 Å². The number of imidazole rings is 1. The molecule has 1 heterocycles. The molecule has 0 atom stereocenters. The molecule has 0 radical (unpaired) electrons. The van der Waals surface area contributed by atoms with Gasteiger partial charge in [-0.2, -0.15) is 0 Å². The van der Waals surface area contributed by atoms with E-state index in [4.69, 9.17) is 23.2 Å². The lowest BCUT2D eigenvalue weighted by Crippen LogP contribution is -2.06. The Morgan fingerprint density at radius 3 is 2.76 bits per heavy atom. The fourth-order valence-electron chi connectivity index (χ4n) is 2.09. The Morgan fingerprint density at radius 1 is 1.35 bits per heavy atom. The highest BCUT2D eigenvalue weighted by atomic mass is 35.5. The van der Waals surface area contributed by atoms with Crippen molar-refractivity contribution >= 4 is 34.2 Å². The fourth-order valence-corrected chi connectivity index (χ4v) is 2.39. The second-order valence-electron chi connectivity index (χ2n) is 4.42. The second-order valence-corrected chi connectivity index (χ2v) is 5.23. The summed E-state index contributed by atoms with van der Waals surface area (Å²) in [7, 11) is 0. The largest absolute Gasteiger partial charge is 0.325 e. The van der Waals surface area contributed by atoms with Crippen molar-refractivity contribution in [3.63, 3.8) is 0 Å². The van der Waals surface area contributed by atoms with Crippen LogP contribution in [-0.2, 0) is 6.42 Å². The molecule has 0 aliphatic rings. The smallest absolute Gasteiger partial charge is 0.110 e. The van der Waals surface area contributed by atoms with E-state index in [2.05, 4.69) is 23.4 Å². The van der Waals surface area contributed by atoms with Gasteiger partial charge in [-0.05, 0) is 38.5 Å². The molecule has 0 aliphatic carbocycles. The van der Waals surface area contributed by atoms with Crippen LogP contribution in [0.5, 0.6) is 0 Å². The molecule has 0 unspecified atom stereocenters. The summed E-state index contributed by atoms with van der Waals surface area (Å²) >= 11 is 11.8. The highest BCUT2D eigenvalue weighted by Gasteiger charge is 2.12. The lowest BCUT2D eigenvalue weighted by Gasteiger charge is -2.12. The number of rotatable bonds is 4. The Morgan fingerprint density at radius 2 is 2.12 bits per heavy atom. The average Bonchev–Trinajstić information content (AvgIpc) is 2.63. The Hall–Kier alpha value is -0.730. The maximum atomic E-state index is 6.05. The van der Waals surface area contributed by atoms with Gasteiger partial charge >= 0.3 is 0 Å². The molecule has 0 aliphatic heterocycles. The molecule has 2 aromatic rings. The Labute approximate surface area is 112 Å². The molecule has 2 rings (SSSR count). The molecule has 0 spiro atoms. The number of fused-ring (bicyclic) bond motifs is 1. The van der Waals surface area contributed by atoms with E-state index in [0.717, 1.165) is 34.7 Å². The van der Waals surface area contributed by atoms with Gasteiger partial charge < -0.3 is 4.57 Å². The molecule has 0 saturated carbocycles. The van der Waals surface area contributed by atoms with Crippen molar-refractivity contribution in [2.24, 2.45) is 0 Å². The zero-order valence-corrected chi connectivity index (χ0v) is 11.6. The van der Waals surface area contributed by atoms with Gasteiger partial charge in [0.1, 0.15) is 5.82 Å². The van der Waals surface area contributed by atoms with E-state index in [-0.39, 0.29) is 0 Å². The molecule has 0 N–H and O–H groups in total. The number of alkyl halides is 1. The maximum Gasteiger partial charge on any atom is 0.110 e. The van der Waals surface area contributed by atoms with E-state index in [9.17, 15) is 0 Å². The number of halogens is 2. The van der Waals surface area contributed by atoms with Crippen LogP contribution in [0, 0.1) is 0 Å². The van der Waals surface area contributed by atoms with E-state index in [1.165, 1.54) is 0 Å². The predicted octanol–water partition coefficient (Wildman–Crippen LogP) is 4.44. The van der Waals surface area contributed by atoms with Gasteiger partial charge in [-0.15, -0.1) is 11.6 Å². The van der Waals surface area contributed by atoms with Gasteiger partial charge in [-0.1, -0.05) is 11.6 Å². The van der Waals surface area contributed by atoms with Crippen molar-refractivity contribution in [3.05, 3.63) is 29.0 Å². The summed E-state index contributed by atoms with van der Waals surface area (Å²) in [6, 6.07) is 6.21. The third kappa shape index (κ3) is 2.58. The van der Waals surface area contributed by atoms with E-state index < -0.39 is 0 Å². The summed E-state index contributed by atoms with van der Waals surface area (Å²) in [5.74, 6) is 1.76. The highest BCUT2D eigenvalue weighted by molar-refractivity contribution is 6.31. The molecular formula is C13H16Cl2N2. The van der Waals surface area contributed by atoms with E-state index in [1.54, 1.807) is 0 Å². The van der Waals surface area contributed by atoms with Crippen molar-refractivity contribution in [2.45, 2.75) is 32.7 Å². The molecule has 0 fully saturated rings. The number of aromatic nitrogens is 2. The Kier molecular flexibility index (Phi) is 3.95. The van der Waals surface area contributed by atoms with Crippen LogP contribution in [0.4, 0.5) is 0 Å². The molecule has 0 bridgehead atoms. The number of aryl methyl sites for hydroxylation is 1. The Balaban J connectivity index is 2.54. The van der Waals surface area contributed by atoms with Gasteiger partial charge in [-0.3, -0.25) is 0 Å². The van der Waals surface area contributed by atoms with Crippen LogP contribution in [0.2, 0.25) is 5.02 Å². The minimum absolute atomic E-state index is 0.379. The van der Waals surface area contributed by atoms with Crippen LogP contribution in [-0.4, -0.2) is 15.4 Å². The van der Waals surface area contributed by atoms with Gasteiger partial charge in [-0.25, -0.2) is 4.98 Å². The summed E-state index contributed by atoms with van der Waals surface area (Å²) in [5.41, 5.74) is 2.12. The fraction of sp³-hybridized carbons (Fsp3) is 0.462. The van der Waals surface area contributed by atoms with Gasteiger partial charge in [0.15, 0.2) is 0 Å². The minimum Gasteiger partial charge on any atom is -0.325 e. The van der Waals surface area contributed by atoms with Gasteiger partial charge in [0.05, 0.1) is 11.0 Å². The number of hydrogen-bond acceptors (Lipinski definition) is 1. The molecule has 4 heteroatoms. The standard InChI is InChI=1S/C13H16Cl2N2/c1-9(2)17-12-8-10(15)5-6-11(12)16-13(17)4-3-7-14/h5-6,8-9H,3-4,7H2,1-2H3. The zero-order valence-electron chi connectivity index (χ0n) is 10.1. The van der Waals surface area contributed by atoms with Crippen molar-refractivity contribution < 1.29 is 0 Å². The van der Waals surface area contributed by atoms with Gasteiger partial charge in [0.2, 0.25) is 0 Å². The lowest BCUT2D eigenvalue weighted by molar-refractivity contribution is 0.580. The van der Waals surface area contributed by atoms with Crippen LogP contribution in [0.3, 0.4) is 0 Å². The summed E-state index contributed by atoms with van der Waals surface area (Å²) in [6.07, 6.45) is 1.86. The molecule has 1 aromatic carbocycles. The monoisotopic (exact) mass is 270 g/mol. The zero-order chi connectivity index (χ0) is 12.4. The van der Waals surface area contributed by atoms with E-state index in [0.29, 0.717) is 11.9 Å². The Bertz CT molecular complexity index is 517. The molecule has 0 saturated heterocycles. The lowest BCUT2D eigenvalue weighted by atomic mass is 10.2. The first-order valence-electron chi connectivity index (χ1n) is 5.86. The molecular weight excluding hydrogens is 255 g/mol. The summed E-state index contributed by atoms with van der Waals surface area (Å²) in [5, 5.41) is 0.753. The average molecular weight is 271 g/mol. The van der Waals surface area contributed by atoms with Crippen molar-refractivity contribution in [2.75, 3.05) is 5.88 Å². The predicted molar refractivity (Wildman–Crippen MR) is 74.2 cm³/mol. The third-order valence-corrected chi connectivity index (χ3v) is 3.28. The van der Waals surface area contributed by atoms with Crippen LogP contribution in [0.15, 0.2) is 18.2 Å². The van der Waals surface area contributed by atoms with Gasteiger partial charge in [0, 0.05) is 23.4 Å². The first-order valence-corrected chi connectivity index (χ1v) is 6.77. The SMILES string of the molecule is CC(C)n1c(CCCCl)nc2ccc(Cl)cc21. The molecule has 1 aromatic heterocycles. The molecule has 2 nitrogen and oxygen atoms in total. The van der Waals surface area contributed by atoms with E-state index in [1.807, 2.05) is 18.2 Å². The summed E-state index contributed by atoms with van der Waals surface area (Å²) in [6.45, 7) is 4.32. The summed E-state index contributed by atoms with van der Waals surface area (Å²) in [4.78, 5) is 4.66. The normalized spacial score (nSPS) is 11.6. The molecule has 0 amide bonds. The number of nitrogens with zero attached hydrogens (tertiary/aromatic N) is 2. The molecule has 92 valence electrons. The second kappa shape index (κ2) is 5.28. The van der Waals surface area contributed by atoms with Crippen LogP contribution < -0.4 is 0 Å². The van der Waals surface area contributed by atoms with E-state index >= 15 is 0 Å². The first kappa shape index (κ1) is 12.7. The van der Waals surface area contributed by atoms with Crippen molar-refractivity contribution in [1.82, 2.24) is 9.55 Å². The van der Waals surface area contributed by atoms with Crippen LogP contribution in [0.1, 0.15) is 32.1 Å². The number of benzene rings is 1.